The smallest absolute Gasteiger partial charge is 0.343 e. The SMILES string of the molecule is COc1ccc(C(=O)Oc2cccc(C=C(C#N)C(=O)Nc3cc(Cl)cc(Cl)c3)c2)cc1. The summed E-state index contributed by atoms with van der Waals surface area (Å²) in [4.78, 5) is 24.8. The highest BCUT2D eigenvalue weighted by Crippen LogP contribution is 2.23. The summed E-state index contributed by atoms with van der Waals surface area (Å²) < 4.78 is 10.5. The van der Waals surface area contributed by atoms with Gasteiger partial charge in [0.05, 0.1) is 12.7 Å². The first-order valence-electron chi connectivity index (χ1n) is 9.23. The Morgan fingerprint density at radius 2 is 1.66 bits per heavy atom. The lowest BCUT2D eigenvalue weighted by Gasteiger charge is -2.07. The molecule has 0 radical (unpaired) electrons. The van der Waals surface area contributed by atoms with Crippen LogP contribution in [-0.2, 0) is 4.79 Å². The van der Waals surface area contributed by atoms with Gasteiger partial charge >= 0.3 is 5.97 Å². The van der Waals surface area contributed by atoms with E-state index in [0.717, 1.165) is 0 Å². The minimum Gasteiger partial charge on any atom is -0.497 e. The highest BCUT2D eigenvalue weighted by atomic mass is 35.5. The molecule has 6 nitrogen and oxygen atoms in total. The van der Waals surface area contributed by atoms with Gasteiger partial charge in [0.1, 0.15) is 23.1 Å². The van der Waals surface area contributed by atoms with Crippen LogP contribution in [0.15, 0.2) is 72.3 Å². The molecule has 0 aromatic heterocycles. The second-order valence-electron chi connectivity index (χ2n) is 6.47. The molecule has 8 heteroatoms. The molecule has 3 aromatic rings. The predicted molar refractivity (Wildman–Crippen MR) is 123 cm³/mol. The van der Waals surface area contributed by atoms with Crippen molar-refractivity contribution >= 4 is 46.8 Å². The van der Waals surface area contributed by atoms with Crippen LogP contribution in [0.5, 0.6) is 11.5 Å². The number of benzene rings is 3. The van der Waals surface area contributed by atoms with Crippen molar-refractivity contribution in [2.75, 3.05) is 12.4 Å². The third-order valence-electron chi connectivity index (χ3n) is 4.19. The Labute approximate surface area is 194 Å². The molecule has 0 aliphatic heterocycles. The van der Waals surface area contributed by atoms with E-state index in [4.69, 9.17) is 32.7 Å². The molecule has 0 saturated carbocycles. The first-order chi connectivity index (χ1) is 15.4. The van der Waals surface area contributed by atoms with Gasteiger partial charge < -0.3 is 14.8 Å². The molecule has 0 aliphatic rings. The number of halogens is 2. The van der Waals surface area contributed by atoms with Gasteiger partial charge in [-0.05, 0) is 66.2 Å². The van der Waals surface area contributed by atoms with E-state index in [0.29, 0.717) is 32.6 Å². The number of carbonyl (C=O) groups is 2. The van der Waals surface area contributed by atoms with Gasteiger partial charge in [-0.1, -0.05) is 35.3 Å². The molecule has 1 amide bonds. The zero-order valence-corrected chi connectivity index (χ0v) is 18.3. The minimum atomic E-state index is -0.633. The van der Waals surface area contributed by atoms with Crippen LogP contribution in [0.3, 0.4) is 0 Å². The molecule has 3 rings (SSSR count). The van der Waals surface area contributed by atoms with Crippen molar-refractivity contribution in [3.05, 3.63) is 93.5 Å². The van der Waals surface area contributed by atoms with Crippen LogP contribution in [-0.4, -0.2) is 19.0 Å². The van der Waals surface area contributed by atoms with Gasteiger partial charge in [0.15, 0.2) is 0 Å². The molecule has 3 aromatic carbocycles. The second kappa shape index (κ2) is 10.5. The van der Waals surface area contributed by atoms with Crippen LogP contribution in [0, 0.1) is 11.3 Å². The molecular weight excluding hydrogens is 451 g/mol. The number of nitrogens with one attached hydrogen (secondary N) is 1. The van der Waals surface area contributed by atoms with Crippen LogP contribution in [0.4, 0.5) is 5.69 Å². The number of hydrogen-bond acceptors (Lipinski definition) is 5. The van der Waals surface area contributed by atoms with Crippen molar-refractivity contribution in [3.8, 4) is 17.6 Å². The van der Waals surface area contributed by atoms with Crippen LogP contribution in [0.1, 0.15) is 15.9 Å². The number of carbonyl (C=O) groups excluding carboxylic acids is 2. The summed E-state index contributed by atoms with van der Waals surface area (Å²) in [7, 11) is 1.53. The molecule has 1 N–H and O–H groups in total. The maximum Gasteiger partial charge on any atom is 0.343 e. The monoisotopic (exact) mass is 466 g/mol. The van der Waals surface area contributed by atoms with E-state index in [1.54, 1.807) is 48.5 Å². The molecule has 0 heterocycles. The van der Waals surface area contributed by atoms with Gasteiger partial charge in [0.2, 0.25) is 0 Å². The van der Waals surface area contributed by atoms with Gasteiger partial charge in [-0.3, -0.25) is 4.79 Å². The average molecular weight is 467 g/mol. The molecule has 0 bridgehead atoms. The zero-order chi connectivity index (χ0) is 23.1. The van der Waals surface area contributed by atoms with E-state index in [2.05, 4.69) is 5.32 Å². The zero-order valence-electron chi connectivity index (χ0n) is 16.8. The lowest BCUT2D eigenvalue weighted by molar-refractivity contribution is -0.112. The Balaban J connectivity index is 1.75. The number of methoxy groups -OCH3 is 1. The molecule has 0 saturated heterocycles. The highest BCUT2D eigenvalue weighted by molar-refractivity contribution is 6.35. The number of amides is 1. The van der Waals surface area contributed by atoms with Crippen LogP contribution in [0.2, 0.25) is 10.0 Å². The molecule has 0 aliphatic carbocycles. The lowest BCUT2D eigenvalue weighted by Crippen LogP contribution is -2.13. The molecular formula is C24H16Cl2N2O4. The maximum absolute atomic E-state index is 12.5. The van der Waals surface area contributed by atoms with Gasteiger partial charge in [0.25, 0.3) is 5.91 Å². The highest BCUT2D eigenvalue weighted by Gasteiger charge is 2.12. The third-order valence-corrected chi connectivity index (χ3v) is 4.63. The number of nitriles is 1. The number of nitrogens with zero attached hydrogens (tertiary/aromatic N) is 1. The second-order valence-corrected chi connectivity index (χ2v) is 7.35. The summed E-state index contributed by atoms with van der Waals surface area (Å²) in [5, 5.41) is 12.7. The van der Waals surface area contributed by atoms with E-state index < -0.39 is 11.9 Å². The summed E-state index contributed by atoms with van der Waals surface area (Å²) in [6.07, 6.45) is 1.38. The van der Waals surface area contributed by atoms with E-state index in [9.17, 15) is 14.9 Å². The van der Waals surface area contributed by atoms with E-state index in [1.165, 1.54) is 31.4 Å². The first kappa shape index (κ1) is 22.9. The van der Waals surface area contributed by atoms with Crippen LogP contribution >= 0.6 is 23.2 Å². The largest absolute Gasteiger partial charge is 0.497 e. The number of hydrogen-bond donors (Lipinski definition) is 1. The van der Waals surface area contributed by atoms with Gasteiger partial charge in [-0.15, -0.1) is 0 Å². The Hall–Kier alpha value is -3.79. The Morgan fingerprint density at radius 3 is 2.28 bits per heavy atom. The van der Waals surface area contributed by atoms with Crippen molar-refractivity contribution in [1.82, 2.24) is 0 Å². The maximum atomic E-state index is 12.5. The number of anilines is 1. The third kappa shape index (κ3) is 6.11. The van der Waals surface area contributed by atoms with Gasteiger partial charge in [-0.2, -0.15) is 5.26 Å². The molecule has 0 spiro atoms. The van der Waals surface area contributed by atoms with Crippen molar-refractivity contribution in [3.63, 3.8) is 0 Å². The van der Waals surface area contributed by atoms with Crippen molar-refractivity contribution < 1.29 is 19.1 Å². The number of ether oxygens (including phenoxy) is 2. The summed E-state index contributed by atoms with van der Waals surface area (Å²) in [5.41, 5.74) is 1.06. The fourth-order valence-corrected chi connectivity index (χ4v) is 3.23. The molecule has 0 fully saturated rings. The molecule has 0 unspecified atom stereocenters. The Bertz CT molecular complexity index is 1210. The topological polar surface area (TPSA) is 88.4 Å². The molecule has 32 heavy (non-hydrogen) atoms. The van der Waals surface area contributed by atoms with Crippen molar-refractivity contribution in [1.29, 1.82) is 5.26 Å². The minimum absolute atomic E-state index is 0.153. The summed E-state index contributed by atoms with van der Waals surface area (Å²) in [5.74, 6) is -0.300. The van der Waals surface area contributed by atoms with E-state index in [-0.39, 0.29) is 11.3 Å². The fourth-order valence-electron chi connectivity index (χ4n) is 2.70. The molecule has 160 valence electrons. The van der Waals surface area contributed by atoms with E-state index >= 15 is 0 Å². The van der Waals surface area contributed by atoms with Gasteiger partial charge in [-0.25, -0.2) is 4.79 Å². The average Bonchev–Trinajstić information content (AvgIpc) is 2.77. The van der Waals surface area contributed by atoms with Crippen LogP contribution < -0.4 is 14.8 Å². The van der Waals surface area contributed by atoms with Crippen LogP contribution in [0.25, 0.3) is 6.08 Å². The summed E-state index contributed by atoms with van der Waals surface area (Å²) >= 11 is 11.9. The number of rotatable bonds is 6. The molecule has 0 atom stereocenters. The standard InChI is InChI=1S/C24H16Cl2N2O4/c1-31-21-7-5-16(6-8-21)24(30)32-22-4-2-3-15(10-22)9-17(14-27)23(29)28-20-12-18(25)11-19(26)13-20/h2-13H,1H3,(H,28,29). The Kier molecular flexibility index (Phi) is 7.50. The van der Waals surface area contributed by atoms with Gasteiger partial charge in [0, 0.05) is 15.7 Å². The summed E-state index contributed by atoms with van der Waals surface area (Å²) in [6, 6.07) is 19.4. The number of esters is 1. The van der Waals surface area contributed by atoms with Crippen molar-refractivity contribution in [2.24, 2.45) is 0 Å². The Morgan fingerprint density at radius 1 is 0.969 bits per heavy atom. The van der Waals surface area contributed by atoms with Crippen molar-refractivity contribution in [2.45, 2.75) is 0 Å². The quantitative estimate of drug-likeness (QED) is 0.215. The first-order valence-corrected chi connectivity index (χ1v) is 9.99. The summed E-state index contributed by atoms with van der Waals surface area (Å²) in [6.45, 7) is 0. The van der Waals surface area contributed by atoms with E-state index in [1.807, 2.05) is 6.07 Å². The lowest BCUT2D eigenvalue weighted by atomic mass is 10.1. The fraction of sp³-hybridized carbons (Fsp3) is 0.0417. The normalized spacial score (nSPS) is 10.8. The predicted octanol–water partition coefficient (Wildman–Crippen LogP) is 5.77.